The van der Waals surface area contributed by atoms with Crippen molar-refractivity contribution < 1.29 is 14.3 Å². The molecule has 2 rings (SSSR count). The summed E-state index contributed by atoms with van der Waals surface area (Å²) in [5.74, 6) is 0.0882. The summed E-state index contributed by atoms with van der Waals surface area (Å²) in [6.07, 6.45) is -0.376. The number of hydrogen-bond acceptors (Lipinski definition) is 4. The number of cyclic esters (lactones) is 1. The zero-order valence-corrected chi connectivity index (χ0v) is 10.1. The van der Waals surface area contributed by atoms with Gasteiger partial charge in [-0.05, 0) is 23.2 Å². The average molecular weight is 247 g/mol. The number of nitrogens with zero attached hydrogens (tertiary/aromatic N) is 3. The maximum absolute atomic E-state index is 11.6. The highest BCUT2D eigenvalue weighted by molar-refractivity contribution is 5.79. The smallest absolute Gasteiger partial charge is 0.315 e. The highest BCUT2D eigenvalue weighted by Gasteiger charge is 2.41. The van der Waals surface area contributed by atoms with Gasteiger partial charge in [0.05, 0.1) is 7.11 Å². The number of benzene rings is 1. The van der Waals surface area contributed by atoms with Crippen LogP contribution in [0.2, 0.25) is 0 Å². The van der Waals surface area contributed by atoms with Gasteiger partial charge in [0.1, 0.15) is 17.9 Å². The third-order valence-corrected chi connectivity index (χ3v) is 3.08. The molecule has 1 saturated heterocycles. The largest absolute Gasteiger partial charge is 0.497 e. The normalized spacial score (nSPS) is 26.3. The Bertz CT molecular complexity index is 494. The van der Waals surface area contributed by atoms with Gasteiger partial charge in [0.15, 0.2) is 0 Å². The van der Waals surface area contributed by atoms with Crippen LogP contribution in [0.15, 0.2) is 29.4 Å². The summed E-state index contributed by atoms with van der Waals surface area (Å²) >= 11 is 0. The predicted octanol–water partition coefficient (Wildman–Crippen LogP) is 2.61. The van der Waals surface area contributed by atoms with E-state index in [-0.39, 0.29) is 12.0 Å². The summed E-state index contributed by atoms with van der Waals surface area (Å²) < 4.78 is 10.3. The van der Waals surface area contributed by atoms with E-state index in [1.807, 2.05) is 19.1 Å². The fourth-order valence-electron chi connectivity index (χ4n) is 2.06. The molecule has 0 radical (unpaired) electrons. The van der Waals surface area contributed by atoms with E-state index in [0.29, 0.717) is 0 Å². The van der Waals surface area contributed by atoms with Crippen molar-refractivity contribution in [1.29, 1.82) is 0 Å². The highest BCUT2D eigenvalue weighted by atomic mass is 16.6. The molecule has 18 heavy (non-hydrogen) atoms. The molecule has 94 valence electrons. The number of azide groups is 1. The summed E-state index contributed by atoms with van der Waals surface area (Å²) in [7, 11) is 1.59. The predicted molar refractivity (Wildman–Crippen MR) is 63.9 cm³/mol. The Hall–Kier alpha value is -2.20. The number of carbonyl (C=O) groups excluding carboxylic acids is 1. The van der Waals surface area contributed by atoms with E-state index in [0.717, 1.165) is 11.3 Å². The quantitative estimate of drug-likeness (QED) is 0.356. The summed E-state index contributed by atoms with van der Waals surface area (Å²) in [5.41, 5.74) is 9.29. The second-order valence-electron chi connectivity index (χ2n) is 4.14. The van der Waals surface area contributed by atoms with Crippen LogP contribution in [0.5, 0.6) is 5.75 Å². The molecule has 1 aliphatic heterocycles. The van der Waals surface area contributed by atoms with E-state index in [2.05, 4.69) is 10.0 Å². The summed E-state index contributed by atoms with van der Waals surface area (Å²) in [5, 5.41) is 3.48. The van der Waals surface area contributed by atoms with Gasteiger partial charge in [0.2, 0.25) is 0 Å². The van der Waals surface area contributed by atoms with Crippen molar-refractivity contribution in [2.24, 2.45) is 11.0 Å². The summed E-state index contributed by atoms with van der Waals surface area (Å²) in [4.78, 5) is 14.2. The van der Waals surface area contributed by atoms with E-state index < -0.39 is 12.0 Å². The summed E-state index contributed by atoms with van der Waals surface area (Å²) in [6, 6.07) is 6.53. The lowest BCUT2D eigenvalue weighted by molar-refractivity contribution is -0.142. The Balaban J connectivity index is 2.23. The first-order valence-electron chi connectivity index (χ1n) is 5.56. The van der Waals surface area contributed by atoms with Crippen LogP contribution in [-0.4, -0.2) is 19.1 Å². The molecule has 1 aromatic carbocycles. The third kappa shape index (κ3) is 2.10. The molecule has 1 fully saturated rings. The Kier molecular flexibility index (Phi) is 3.39. The Labute approximate surface area is 104 Å². The van der Waals surface area contributed by atoms with Crippen LogP contribution in [0.25, 0.3) is 10.4 Å². The van der Waals surface area contributed by atoms with E-state index in [4.69, 9.17) is 15.0 Å². The van der Waals surface area contributed by atoms with E-state index >= 15 is 0 Å². The van der Waals surface area contributed by atoms with E-state index in [1.54, 1.807) is 19.2 Å². The number of hydrogen-bond donors (Lipinski definition) is 0. The van der Waals surface area contributed by atoms with Crippen molar-refractivity contribution in [2.75, 3.05) is 7.11 Å². The molecule has 0 spiro atoms. The molecule has 1 aliphatic rings. The number of esters is 1. The third-order valence-electron chi connectivity index (χ3n) is 3.08. The van der Waals surface area contributed by atoms with Gasteiger partial charge in [-0.3, -0.25) is 4.79 Å². The van der Waals surface area contributed by atoms with Crippen molar-refractivity contribution in [3.63, 3.8) is 0 Å². The number of carbonyl (C=O) groups is 1. The fourth-order valence-corrected chi connectivity index (χ4v) is 2.06. The van der Waals surface area contributed by atoms with E-state index in [1.165, 1.54) is 0 Å². The number of methoxy groups -OCH3 is 1. The maximum Gasteiger partial charge on any atom is 0.315 e. The van der Waals surface area contributed by atoms with Gasteiger partial charge >= 0.3 is 5.97 Å². The molecule has 0 saturated carbocycles. The van der Waals surface area contributed by atoms with Crippen LogP contribution >= 0.6 is 0 Å². The van der Waals surface area contributed by atoms with Gasteiger partial charge in [-0.25, -0.2) is 0 Å². The van der Waals surface area contributed by atoms with Crippen molar-refractivity contribution in [3.05, 3.63) is 40.3 Å². The van der Waals surface area contributed by atoms with Crippen LogP contribution in [0.4, 0.5) is 0 Å². The molecule has 6 nitrogen and oxygen atoms in total. The topological polar surface area (TPSA) is 84.3 Å². The Morgan fingerprint density at radius 2 is 2.06 bits per heavy atom. The molecule has 1 aromatic rings. The van der Waals surface area contributed by atoms with Gasteiger partial charge in [-0.1, -0.05) is 24.2 Å². The lowest BCUT2D eigenvalue weighted by atomic mass is 9.94. The number of rotatable bonds is 3. The van der Waals surface area contributed by atoms with Crippen LogP contribution in [0.3, 0.4) is 0 Å². The molecular weight excluding hydrogens is 234 g/mol. The molecule has 0 amide bonds. The lowest BCUT2D eigenvalue weighted by Crippen LogP contribution is -2.17. The van der Waals surface area contributed by atoms with Gasteiger partial charge in [0, 0.05) is 10.8 Å². The monoisotopic (exact) mass is 247 g/mol. The highest BCUT2D eigenvalue weighted by Crippen LogP contribution is 2.37. The van der Waals surface area contributed by atoms with E-state index in [9.17, 15) is 4.79 Å². The molecule has 1 heterocycles. The second kappa shape index (κ2) is 4.98. The zero-order valence-electron chi connectivity index (χ0n) is 10.1. The molecule has 0 aromatic heterocycles. The molecule has 0 bridgehead atoms. The van der Waals surface area contributed by atoms with Crippen molar-refractivity contribution in [2.45, 2.75) is 19.1 Å². The molecule has 6 heteroatoms. The minimum Gasteiger partial charge on any atom is -0.497 e. The minimum atomic E-state index is -0.748. The van der Waals surface area contributed by atoms with Crippen molar-refractivity contribution >= 4 is 5.97 Å². The second-order valence-corrected chi connectivity index (χ2v) is 4.14. The molecule has 3 atom stereocenters. The lowest BCUT2D eigenvalue weighted by Gasteiger charge is -2.15. The summed E-state index contributed by atoms with van der Waals surface area (Å²) in [6.45, 7) is 1.83. The molecular formula is C12H13N3O3. The average Bonchev–Trinajstić information content (AvgIpc) is 2.67. The molecule has 0 aliphatic carbocycles. The maximum atomic E-state index is 11.6. The van der Waals surface area contributed by atoms with Gasteiger partial charge in [-0.2, -0.15) is 0 Å². The van der Waals surface area contributed by atoms with Gasteiger partial charge in [-0.15, -0.1) is 0 Å². The Morgan fingerprint density at radius 3 is 2.61 bits per heavy atom. The van der Waals surface area contributed by atoms with Crippen LogP contribution in [0.1, 0.15) is 18.6 Å². The number of ether oxygens (including phenoxy) is 2. The fraction of sp³-hybridized carbons (Fsp3) is 0.417. The first-order valence-corrected chi connectivity index (χ1v) is 5.56. The zero-order chi connectivity index (χ0) is 13.1. The van der Waals surface area contributed by atoms with Crippen LogP contribution in [0, 0.1) is 5.92 Å². The standard InChI is InChI=1S/C12H13N3O3/c1-7-10(14-15-13)12(16)18-11(7)8-3-5-9(17-2)6-4-8/h3-7,10-11H,1-2H3/t7-,10+,11-/m0/s1. The molecule has 0 unspecified atom stereocenters. The van der Waals surface area contributed by atoms with Gasteiger partial charge in [0.25, 0.3) is 0 Å². The minimum absolute atomic E-state index is 0.179. The Morgan fingerprint density at radius 1 is 1.39 bits per heavy atom. The molecule has 0 N–H and O–H groups in total. The van der Waals surface area contributed by atoms with Crippen molar-refractivity contribution in [1.82, 2.24) is 0 Å². The van der Waals surface area contributed by atoms with Gasteiger partial charge < -0.3 is 9.47 Å². The van der Waals surface area contributed by atoms with Crippen LogP contribution < -0.4 is 4.74 Å². The SMILES string of the molecule is COc1ccc([C@H]2OC(=O)[C@H](N=[N+]=[N-])[C@@H]2C)cc1. The first kappa shape index (κ1) is 12.3. The van der Waals surface area contributed by atoms with Crippen LogP contribution in [-0.2, 0) is 9.53 Å². The van der Waals surface area contributed by atoms with Crippen molar-refractivity contribution in [3.8, 4) is 5.75 Å². The first-order chi connectivity index (χ1) is 8.67.